The summed E-state index contributed by atoms with van der Waals surface area (Å²) in [6.07, 6.45) is 17.6. The summed E-state index contributed by atoms with van der Waals surface area (Å²) in [6.45, 7) is 2.91. The summed E-state index contributed by atoms with van der Waals surface area (Å²) < 4.78 is 0. The highest BCUT2D eigenvalue weighted by molar-refractivity contribution is 5.96. The molecule has 0 aliphatic heterocycles. The average molecular weight is 419 g/mol. The second-order valence-electron chi connectivity index (χ2n) is 7.91. The summed E-state index contributed by atoms with van der Waals surface area (Å²) in [5.74, 6) is -1.97. The number of unbranched alkanes of at least 4 members (excludes halogenated alkanes) is 13. The zero-order valence-electron chi connectivity index (χ0n) is 18.8. The third kappa shape index (κ3) is 23.2. The molecule has 0 spiro atoms. The molecule has 0 saturated carbocycles. The number of aliphatic hydroxyl groups is 3. The molecule has 0 aromatic carbocycles. The number of carbonyl (C=O) groups is 2. The molecule has 29 heavy (non-hydrogen) atoms. The van der Waals surface area contributed by atoms with Crippen molar-refractivity contribution in [3.8, 4) is 0 Å². The van der Waals surface area contributed by atoms with E-state index in [1.807, 2.05) is 0 Å². The van der Waals surface area contributed by atoms with Crippen molar-refractivity contribution in [1.82, 2.24) is 0 Å². The molecule has 0 amide bonds. The first-order valence-corrected chi connectivity index (χ1v) is 11.5. The van der Waals surface area contributed by atoms with Gasteiger partial charge in [0.1, 0.15) is 17.8 Å². The van der Waals surface area contributed by atoms with E-state index in [9.17, 15) is 9.59 Å². The standard InChI is InChI=1S/C20H38O3.C3H8O3/c1-3-4-5-6-7-8-9-10-11-12-13-14-15-16-17-19(18(2)21)20(22)23;4-1-3(6)2-5/h19H,3-17H2,1-2H3,(H,22,23);3-6H,1-2H2. The lowest BCUT2D eigenvalue weighted by Gasteiger charge is -2.08. The average Bonchev–Trinajstić information content (AvgIpc) is 2.70. The van der Waals surface area contributed by atoms with E-state index in [1.165, 1.54) is 84.0 Å². The summed E-state index contributed by atoms with van der Waals surface area (Å²) in [4.78, 5) is 22.1. The van der Waals surface area contributed by atoms with Gasteiger partial charge in [0.05, 0.1) is 13.2 Å². The predicted octanol–water partition coefficient (Wildman–Crippen LogP) is 4.48. The predicted molar refractivity (Wildman–Crippen MR) is 117 cm³/mol. The van der Waals surface area contributed by atoms with Crippen LogP contribution in [-0.4, -0.2) is 51.5 Å². The highest BCUT2D eigenvalue weighted by Gasteiger charge is 2.21. The molecule has 0 fully saturated rings. The van der Waals surface area contributed by atoms with E-state index >= 15 is 0 Å². The highest BCUT2D eigenvalue weighted by Crippen LogP contribution is 2.15. The van der Waals surface area contributed by atoms with Crippen LogP contribution >= 0.6 is 0 Å². The fourth-order valence-electron chi connectivity index (χ4n) is 3.10. The molecule has 0 aliphatic rings. The number of ketones is 1. The van der Waals surface area contributed by atoms with Crippen molar-refractivity contribution in [3.05, 3.63) is 0 Å². The molecule has 0 aromatic rings. The van der Waals surface area contributed by atoms with E-state index in [2.05, 4.69) is 6.92 Å². The number of aliphatic carboxylic acids is 1. The van der Waals surface area contributed by atoms with Crippen molar-refractivity contribution < 1.29 is 30.0 Å². The van der Waals surface area contributed by atoms with Gasteiger partial charge in [-0.05, 0) is 13.3 Å². The van der Waals surface area contributed by atoms with Crippen molar-refractivity contribution in [2.45, 2.75) is 116 Å². The molecular formula is C23H46O6. The van der Waals surface area contributed by atoms with E-state index in [4.69, 9.17) is 20.4 Å². The Hall–Kier alpha value is -0.980. The van der Waals surface area contributed by atoms with E-state index in [1.54, 1.807) is 0 Å². The maximum absolute atomic E-state index is 11.2. The van der Waals surface area contributed by atoms with Crippen LogP contribution in [0.4, 0.5) is 0 Å². The molecular weight excluding hydrogens is 372 g/mol. The number of rotatable bonds is 19. The minimum Gasteiger partial charge on any atom is -0.481 e. The van der Waals surface area contributed by atoms with Crippen LogP contribution in [0.3, 0.4) is 0 Å². The first-order valence-electron chi connectivity index (χ1n) is 11.5. The van der Waals surface area contributed by atoms with Crippen molar-refractivity contribution in [1.29, 1.82) is 0 Å². The molecule has 4 N–H and O–H groups in total. The lowest BCUT2D eigenvalue weighted by atomic mass is 9.97. The number of carboxylic acid groups (broad SMARTS) is 1. The van der Waals surface area contributed by atoms with E-state index < -0.39 is 18.0 Å². The Balaban J connectivity index is 0. The zero-order chi connectivity index (χ0) is 22.3. The number of carboxylic acids is 1. The van der Waals surface area contributed by atoms with Crippen LogP contribution in [0.15, 0.2) is 0 Å². The number of hydrogen-bond donors (Lipinski definition) is 4. The van der Waals surface area contributed by atoms with E-state index in [0.29, 0.717) is 6.42 Å². The summed E-state index contributed by atoms with van der Waals surface area (Å²) in [7, 11) is 0. The maximum atomic E-state index is 11.2. The van der Waals surface area contributed by atoms with Crippen molar-refractivity contribution in [3.63, 3.8) is 0 Å². The van der Waals surface area contributed by atoms with Gasteiger partial charge in [0, 0.05) is 0 Å². The smallest absolute Gasteiger partial charge is 0.314 e. The number of hydrogen-bond acceptors (Lipinski definition) is 5. The summed E-state index contributed by atoms with van der Waals surface area (Å²) in [5.41, 5.74) is 0. The molecule has 6 nitrogen and oxygen atoms in total. The second kappa shape index (κ2) is 23.3. The van der Waals surface area contributed by atoms with Crippen LogP contribution in [0.1, 0.15) is 110 Å². The Morgan fingerprint density at radius 2 is 1.03 bits per heavy atom. The van der Waals surface area contributed by atoms with Gasteiger partial charge >= 0.3 is 5.97 Å². The molecule has 0 aromatic heterocycles. The fraction of sp³-hybridized carbons (Fsp3) is 0.913. The van der Waals surface area contributed by atoms with Gasteiger partial charge in [0.25, 0.3) is 0 Å². The topological polar surface area (TPSA) is 115 Å². The van der Waals surface area contributed by atoms with Gasteiger partial charge in [0.2, 0.25) is 0 Å². The minimum atomic E-state index is -0.966. The van der Waals surface area contributed by atoms with Crippen molar-refractivity contribution in [2.75, 3.05) is 13.2 Å². The molecule has 0 bridgehead atoms. The Kier molecular flexibility index (Phi) is 24.3. The summed E-state index contributed by atoms with van der Waals surface area (Å²) >= 11 is 0. The molecule has 0 radical (unpaired) electrons. The third-order valence-corrected chi connectivity index (χ3v) is 5.06. The molecule has 0 rings (SSSR count). The lowest BCUT2D eigenvalue weighted by Crippen LogP contribution is -2.21. The second-order valence-corrected chi connectivity index (χ2v) is 7.91. The van der Waals surface area contributed by atoms with E-state index in [-0.39, 0.29) is 19.0 Å². The van der Waals surface area contributed by atoms with Gasteiger partial charge in [-0.1, -0.05) is 96.8 Å². The van der Waals surface area contributed by atoms with E-state index in [0.717, 1.165) is 12.8 Å². The molecule has 0 heterocycles. The van der Waals surface area contributed by atoms with Gasteiger partial charge in [-0.3, -0.25) is 9.59 Å². The zero-order valence-corrected chi connectivity index (χ0v) is 18.8. The quantitative estimate of drug-likeness (QED) is 0.182. The van der Waals surface area contributed by atoms with Crippen molar-refractivity contribution in [2.24, 2.45) is 5.92 Å². The fourth-order valence-corrected chi connectivity index (χ4v) is 3.10. The van der Waals surface area contributed by atoms with Crippen LogP contribution in [0.2, 0.25) is 0 Å². The van der Waals surface area contributed by atoms with Crippen LogP contribution in [-0.2, 0) is 9.59 Å². The van der Waals surface area contributed by atoms with Gasteiger partial charge < -0.3 is 20.4 Å². The largest absolute Gasteiger partial charge is 0.481 e. The Bertz CT molecular complexity index is 354. The van der Waals surface area contributed by atoms with Gasteiger partial charge in [-0.2, -0.15) is 0 Å². The lowest BCUT2D eigenvalue weighted by molar-refractivity contribution is -0.146. The summed E-state index contributed by atoms with van der Waals surface area (Å²) in [5, 5.41) is 32.9. The molecule has 0 aliphatic carbocycles. The minimum absolute atomic E-state index is 0.216. The van der Waals surface area contributed by atoms with Gasteiger partial charge in [-0.25, -0.2) is 0 Å². The molecule has 1 unspecified atom stereocenters. The van der Waals surface area contributed by atoms with Gasteiger partial charge in [0.15, 0.2) is 0 Å². The van der Waals surface area contributed by atoms with Crippen LogP contribution in [0.25, 0.3) is 0 Å². The Labute approximate surface area is 177 Å². The van der Waals surface area contributed by atoms with Crippen LogP contribution < -0.4 is 0 Å². The van der Waals surface area contributed by atoms with Crippen LogP contribution in [0.5, 0.6) is 0 Å². The Morgan fingerprint density at radius 3 is 1.28 bits per heavy atom. The van der Waals surface area contributed by atoms with Crippen LogP contribution in [0, 0.1) is 5.92 Å². The SMILES string of the molecule is CCCCCCCCCCCCCCCCC(C(C)=O)C(=O)O.OCC(O)CO. The molecule has 174 valence electrons. The molecule has 0 saturated heterocycles. The maximum Gasteiger partial charge on any atom is 0.314 e. The number of aliphatic hydroxyl groups excluding tert-OH is 3. The first-order chi connectivity index (χ1) is 13.9. The Morgan fingerprint density at radius 1 is 0.690 bits per heavy atom. The third-order valence-electron chi connectivity index (χ3n) is 5.06. The number of Topliss-reactive ketones (excluding diaryl/α,β-unsaturated/α-hetero) is 1. The molecule has 6 heteroatoms. The van der Waals surface area contributed by atoms with Gasteiger partial charge in [-0.15, -0.1) is 0 Å². The normalized spacial score (nSPS) is 11.8. The highest BCUT2D eigenvalue weighted by atomic mass is 16.4. The molecule has 1 atom stereocenters. The first kappa shape index (κ1) is 30.2. The van der Waals surface area contributed by atoms with Crippen molar-refractivity contribution >= 4 is 11.8 Å². The number of carbonyl (C=O) groups excluding carboxylic acids is 1. The summed E-state index contributed by atoms with van der Waals surface area (Å²) in [6, 6.07) is 0. The monoisotopic (exact) mass is 418 g/mol.